The number of halogens is 2. The second kappa shape index (κ2) is 6.89. The minimum absolute atomic E-state index is 0.522. The molecule has 0 saturated heterocycles. The van der Waals surface area contributed by atoms with Gasteiger partial charge in [-0.05, 0) is 24.3 Å². The van der Waals surface area contributed by atoms with Crippen molar-refractivity contribution in [2.45, 2.75) is 0 Å². The Morgan fingerprint density at radius 1 is 1.00 bits per heavy atom. The Labute approximate surface area is 170 Å². The quantitative estimate of drug-likeness (QED) is 0.499. The molecule has 5 rings (SSSR count). The largest absolute Gasteiger partial charge is 0.486 e. The van der Waals surface area contributed by atoms with Gasteiger partial charge in [-0.1, -0.05) is 29.3 Å². The third-order valence-corrected chi connectivity index (χ3v) is 5.06. The maximum absolute atomic E-state index is 6.45. The summed E-state index contributed by atoms with van der Waals surface area (Å²) < 4.78 is 13.2. The van der Waals surface area contributed by atoms with Crippen LogP contribution < -0.4 is 14.8 Å². The molecule has 6 nitrogen and oxygen atoms in total. The summed E-state index contributed by atoms with van der Waals surface area (Å²) in [5.41, 5.74) is 2.80. The number of ether oxygens (including phenoxy) is 2. The number of imidazole rings is 1. The molecule has 2 aromatic heterocycles. The SMILES string of the molecule is Clc1cccc(Cl)c1-c1nc2cnccn2c1Nc1ccc2c(c1)OCCO2. The van der Waals surface area contributed by atoms with Gasteiger partial charge in [-0.3, -0.25) is 9.38 Å². The van der Waals surface area contributed by atoms with E-state index in [2.05, 4.69) is 10.3 Å². The first kappa shape index (κ1) is 17.2. The molecule has 28 heavy (non-hydrogen) atoms. The van der Waals surface area contributed by atoms with E-state index < -0.39 is 0 Å². The van der Waals surface area contributed by atoms with Crippen LogP contribution in [-0.4, -0.2) is 27.6 Å². The number of nitrogens with one attached hydrogen (secondary N) is 1. The summed E-state index contributed by atoms with van der Waals surface area (Å²) in [6, 6.07) is 11.1. The molecule has 3 heterocycles. The molecule has 4 aromatic rings. The number of hydrogen-bond donors (Lipinski definition) is 1. The van der Waals surface area contributed by atoms with Gasteiger partial charge in [-0.25, -0.2) is 4.98 Å². The van der Waals surface area contributed by atoms with Crippen LogP contribution in [0, 0.1) is 0 Å². The van der Waals surface area contributed by atoms with Crippen molar-refractivity contribution in [1.82, 2.24) is 14.4 Å². The molecule has 0 amide bonds. The van der Waals surface area contributed by atoms with Crippen LogP contribution >= 0.6 is 23.2 Å². The fourth-order valence-corrected chi connectivity index (χ4v) is 3.76. The molecule has 8 heteroatoms. The van der Waals surface area contributed by atoms with Crippen LogP contribution in [0.3, 0.4) is 0 Å². The predicted molar refractivity (Wildman–Crippen MR) is 109 cm³/mol. The molecule has 1 aliphatic rings. The van der Waals surface area contributed by atoms with Crippen molar-refractivity contribution in [2.24, 2.45) is 0 Å². The van der Waals surface area contributed by atoms with E-state index in [0.29, 0.717) is 45.9 Å². The Balaban J connectivity index is 1.66. The molecule has 0 spiro atoms. The van der Waals surface area contributed by atoms with E-state index in [4.69, 9.17) is 37.7 Å². The van der Waals surface area contributed by atoms with Gasteiger partial charge in [-0.2, -0.15) is 0 Å². The highest BCUT2D eigenvalue weighted by atomic mass is 35.5. The van der Waals surface area contributed by atoms with Gasteiger partial charge in [0.05, 0.1) is 16.2 Å². The topological polar surface area (TPSA) is 60.7 Å². The lowest BCUT2D eigenvalue weighted by Crippen LogP contribution is -2.15. The zero-order valence-electron chi connectivity index (χ0n) is 14.5. The van der Waals surface area contributed by atoms with E-state index in [1.807, 2.05) is 28.8 Å². The summed E-state index contributed by atoms with van der Waals surface area (Å²) in [7, 11) is 0. The van der Waals surface area contributed by atoms with Crippen molar-refractivity contribution in [2.75, 3.05) is 18.5 Å². The van der Waals surface area contributed by atoms with Gasteiger partial charge in [0.15, 0.2) is 17.1 Å². The van der Waals surface area contributed by atoms with Crippen molar-refractivity contribution in [3.05, 3.63) is 65.0 Å². The lowest BCUT2D eigenvalue weighted by molar-refractivity contribution is 0.171. The number of fused-ring (bicyclic) bond motifs is 2. The number of benzene rings is 2. The first-order valence-electron chi connectivity index (χ1n) is 8.64. The van der Waals surface area contributed by atoms with Crippen LogP contribution in [0.2, 0.25) is 10.0 Å². The maximum Gasteiger partial charge on any atom is 0.163 e. The van der Waals surface area contributed by atoms with Crippen molar-refractivity contribution >= 4 is 40.4 Å². The fourth-order valence-electron chi connectivity index (χ4n) is 3.18. The zero-order chi connectivity index (χ0) is 19.1. The average molecular weight is 413 g/mol. The number of rotatable bonds is 3. The third kappa shape index (κ3) is 2.91. The fraction of sp³-hybridized carbons (Fsp3) is 0.100. The molecule has 2 aromatic carbocycles. The zero-order valence-corrected chi connectivity index (χ0v) is 16.0. The monoisotopic (exact) mass is 412 g/mol. The van der Waals surface area contributed by atoms with E-state index in [9.17, 15) is 0 Å². The van der Waals surface area contributed by atoms with Gasteiger partial charge in [0, 0.05) is 29.7 Å². The molecule has 0 radical (unpaired) electrons. The smallest absolute Gasteiger partial charge is 0.163 e. The first-order chi connectivity index (χ1) is 13.7. The Morgan fingerprint density at radius 3 is 2.61 bits per heavy atom. The highest BCUT2D eigenvalue weighted by molar-refractivity contribution is 6.39. The van der Waals surface area contributed by atoms with E-state index in [-0.39, 0.29) is 0 Å². The van der Waals surface area contributed by atoms with Gasteiger partial charge in [-0.15, -0.1) is 0 Å². The van der Waals surface area contributed by atoms with E-state index >= 15 is 0 Å². The van der Waals surface area contributed by atoms with Gasteiger partial charge < -0.3 is 14.8 Å². The van der Waals surface area contributed by atoms with E-state index in [1.165, 1.54) is 0 Å². The molecule has 0 atom stereocenters. The molecular weight excluding hydrogens is 399 g/mol. The Bertz CT molecular complexity index is 1170. The van der Waals surface area contributed by atoms with Crippen molar-refractivity contribution < 1.29 is 9.47 Å². The molecule has 0 unspecified atom stereocenters. The Kier molecular flexibility index (Phi) is 4.22. The van der Waals surface area contributed by atoms with E-state index in [1.54, 1.807) is 30.6 Å². The minimum Gasteiger partial charge on any atom is -0.486 e. The predicted octanol–water partition coefficient (Wildman–Crippen LogP) is 5.22. The standard InChI is InChI=1S/C20H14Cl2N4O2/c21-13-2-1-3-14(22)18(13)19-20(26-7-6-23-11-17(26)25-19)24-12-4-5-15-16(10-12)28-9-8-27-15/h1-7,10-11,24H,8-9H2. The summed E-state index contributed by atoms with van der Waals surface area (Å²) in [6.07, 6.45) is 5.21. The second-order valence-corrected chi connectivity index (χ2v) is 7.01. The maximum atomic E-state index is 6.45. The van der Waals surface area contributed by atoms with E-state index in [0.717, 1.165) is 17.3 Å². The first-order valence-corrected chi connectivity index (χ1v) is 9.39. The molecule has 0 bridgehead atoms. The van der Waals surface area contributed by atoms with Crippen molar-refractivity contribution in [3.8, 4) is 22.8 Å². The number of nitrogens with zero attached hydrogens (tertiary/aromatic N) is 3. The highest BCUT2D eigenvalue weighted by Crippen LogP contribution is 2.40. The molecule has 1 aliphatic heterocycles. The lowest BCUT2D eigenvalue weighted by Gasteiger charge is -2.19. The second-order valence-electron chi connectivity index (χ2n) is 6.19. The van der Waals surface area contributed by atoms with Crippen molar-refractivity contribution in [3.63, 3.8) is 0 Å². The third-order valence-electron chi connectivity index (χ3n) is 4.43. The van der Waals surface area contributed by atoms with Gasteiger partial charge >= 0.3 is 0 Å². The summed E-state index contributed by atoms with van der Waals surface area (Å²) in [5, 5.41) is 4.46. The molecule has 0 aliphatic carbocycles. The van der Waals surface area contributed by atoms with Crippen LogP contribution in [-0.2, 0) is 0 Å². The molecule has 0 fully saturated rings. The van der Waals surface area contributed by atoms with Crippen LogP contribution in [0.25, 0.3) is 16.9 Å². The molecular formula is C20H14Cl2N4O2. The summed E-state index contributed by atoms with van der Waals surface area (Å²) in [4.78, 5) is 8.86. The normalized spacial score (nSPS) is 12.9. The number of hydrogen-bond acceptors (Lipinski definition) is 5. The summed E-state index contributed by atoms with van der Waals surface area (Å²) >= 11 is 12.9. The minimum atomic E-state index is 0.522. The molecule has 140 valence electrons. The Hall–Kier alpha value is -2.96. The average Bonchev–Trinajstić information content (AvgIpc) is 3.06. The number of anilines is 2. The van der Waals surface area contributed by atoms with Crippen LogP contribution in [0.15, 0.2) is 55.0 Å². The molecule has 0 saturated carbocycles. The van der Waals surface area contributed by atoms with Gasteiger partial charge in [0.25, 0.3) is 0 Å². The lowest BCUT2D eigenvalue weighted by atomic mass is 10.1. The van der Waals surface area contributed by atoms with Crippen LogP contribution in [0.5, 0.6) is 11.5 Å². The number of aromatic nitrogens is 3. The summed E-state index contributed by atoms with van der Waals surface area (Å²) in [5.74, 6) is 2.15. The highest BCUT2D eigenvalue weighted by Gasteiger charge is 2.20. The van der Waals surface area contributed by atoms with Gasteiger partial charge in [0.1, 0.15) is 24.7 Å². The Morgan fingerprint density at radius 2 is 1.79 bits per heavy atom. The molecule has 1 N–H and O–H groups in total. The summed E-state index contributed by atoms with van der Waals surface area (Å²) in [6.45, 7) is 1.08. The van der Waals surface area contributed by atoms with Crippen molar-refractivity contribution in [1.29, 1.82) is 0 Å². The van der Waals surface area contributed by atoms with Crippen LogP contribution in [0.1, 0.15) is 0 Å². The van der Waals surface area contributed by atoms with Gasteiger partial charge in [0.2, 0.25) is 0 Å². The van der Waals surface area contributed by atoms with Crippen LogP contribution in [0.4, 0.5) is 11.5 Å².